The number of hydrogen-bond donors (Lipinski definition) is 11. The van der Waals surface area contributed by atoms with Crippen LogP contribution in [0.5, 0.6) is 0 Å². The summed E-state index contributed by atoms with van der Waals surface area (Å²) in [4.78, 5) is 74.4. The van der Waals surface area contributed by atoms with Crippen LogP contribution in [0.1, 0.15) is 25.5 Å². The Hall–Kier alpha value is -4.31. The molecule has 2 fully saturated rings. The van der Waals surface area contributed by atoms with E-state index in [4.69, 9.17) is 40.2 Å². The zero-order valence-corrected chi connectivity index (χ0v) is 29.9. The molecule has 2 unspecified atom stereocenters. The molecule has 0 spiro atoms. The number of nitrogens with zero attached hydrogens (tertiary/aromatic N) is 5. The lowest BCUT2D eigenvalue weighted by atomic mass is 10.1. The summed E-state index contributed by atoms with van der Waals surface area (Å²) < 4.78 is 50.8. The van der Waals surface area contributed by atoms with Crippen LogP contribution in [0.25, 0.3) is 11.2 Å². The summed E-state index contributed by atoms with van der Waals surface area (Å²) in [6.45, 7) is -1.79. The minimum Gasteiger partial charge on any atom is -0.481 e. The van der Waals surface area contributed by atoms with Crippen molar-refractivity contribution in [3.63, 3.8) is 0 Å². The van der Waals surface area contributed by atoms with Crippen molar-refractivity contribution < 1.29 is 91.6 Å². The van der Waals surface area contributed by atoms with E-state index in [9.17, 15) is 58.5 Å². The van der Waals surface area contributed by atoms with Gasteiger partial charge in [0.25, 0.3) is 0 Å². The highest BCUT2D eigenvalue weighted by Crippen LogP contribution is 2.60. The first-order chi connectivity index (χ1) is 25.2. The number of nitrogens with two attached hydrogens (primary N) is 2. The molecule has 0 aromatic carbocycles. The van der Waals surface area contributed by atoms with Crippen LogP contribution in [0.4, 0.5) is 5.82 Å². The number of carboxylic acid groups (broad SMARTS) is 2. The van der Waals surface area contributed by atoms with E-state index in [1.54, 1.807) is 6.08 Å². The summed E-state index contributed by atoms with van der Waals surface area (Å²) in [5, 5.41) is 57.6. The van der Waals surface area contributed by atoms with Gasteiger partial charge in [-0.1, -0.05) is 6.08 Å². The maximum absolute atomic E-state index is 12.4. The third-order valence-electron chi connectivity index (χ3n) is 7.68. The molecule has 2 aromatic rings. The standard InChI is InChI=1S/C21H29N7O14P2.C5H6O5.H3N/c22-17-12-19(25-7-24-17)28(8-26-12)21-16(32)14(30)11(41-21)6-39-44(36,37)42-43(34,35)38-5-10-13(29)15(31)20(40-10)27-3-1-2-9(4-27)18(23)33;6-3(5(9)10)1-2-4(7)8;/h1,3-4,7-8,10-11,13-16,20-21,29-32H,2,5-6H2,(H2,23,33)(H,34,35)(H,36,37)(H2,22,24,25);1-2H2,(H,7,8)(H,9,10);1H3/t10-,11-,13-,14-,15-,16-,20-,21-;;/m1../s1. The summed E-state index contributed by atoms with van der Waals surface area (Å²) in [5.41, 5.74) is 11.6. The van der Waals surface area contributed by atoms with E-state index in [1.165, 1.54) is 28.2 Å². The number of aliphatic hydroxyl groups is 4. The molecule has 10 atom stereocenters. The fourth-order valence-electron chi connectivity index (χ4n) is 5.01. The zero-order valence-electron chi connectivity index (χ0n) is 28.1. The molecule has 0 saturated carbocycles. The molecular weight excluding hydrogens is 790 g/mol. The topological polar surface area (TPSA) is 444 Å². The number of nitrogen functional groups attached to an aromatic ring is 1. The smallest absolute Gasteiger partial charge is 0.481 e. The van der Waals surface area contributed by atoms with Crippen LogP contribution >= 0.6 is 15.6 Å². The first-order valence-electron chi connectivity index (χ1n) is 15.3. The highest BCUT2D eigenvalue weighted by Gasteiger charge is 2.48. The fraction of sp³-hybridized carbons (Fsp3) is 0.500. The molecule has 0 bridgehead atoms. The van der Waals surface area contributed by atoms with Gasteiger partial charge in [-0.3, -0.25) is 28.0 Å². The zero-order chi connectivity index (χ0) is 40.1. The molecule has 2 saturated heterocycles. The van der Waals surface area contributed by atoms with Crippen LogP contribution in [-0.2, 0) is 51.1 Å². The van der Waals surface area contributed by atoms with Crippen LogP contribution in [0, 0.1) is 0 Å². The second-order valence-corrected chi connectivity index (χ2v) is 14.5. The molecular formula is C26H38N8O19P2. The van der Waals surface area contributed by atoms with E-state index in [2.05, 4.69) is 19.3 Å². The number of Topliss-reactive ketones (excluding diaryl/α,β-unsaturated/α-hetero) is 1. The Labute approximate surface area is 308 Å². The Bertz CT molecular complexity index is 1900. The van der Waals surface area contributed by atoms with E-state index in [1.807, 2.05) is 0 Å². The number of carbonyl (C=O) groups is 4. The molecule has 15 N–H and O–H groups in total. The Morgan fingerprint density at radius 1 is 0.873 bits per heavy atom. The normalized spacial score (nSPS) is 28.3. The highest BCUT2D eigenvalue weighted by atomic mass is 31.3. The van der Waals surface area contributed by atoms with Crippen molar-refractivity contribution in [2.45, 2.75) is 68.3 Å². The molecule has 27 nitrogen and oxygen atoms in total. The predicted molar refractivity (Wildman–Crippen MR) is 176 cm³/mol. The quantitative estimate of drug-likeness (QED) is 0.0628. The molecule has 2 aromatic heterocycles. The van der Waals surface area contributed by atoms with Gasteiger partial charge in [0.15, 0.2) is 23.9 Å². The summed E-state index contributed by atoms with van der Waals surface area (Å²) in [5.74, 6) is -4.48. The van der Waals surface area contributed by atoms with Crippen molar-refractivity contribution in [3.05, 3.63) is 36.7 Å². The lowest BCUT2D eigenvalue weighted by molar-refractivity contribution is -0.149. The average molecular weight is 829 g/mol. The number of amides is 1. The van der Waals surface area contributed by atoms with Crippen molar-refractivity contribution in [2.75, 3.05) is 18.9 Å². The Morgan fingerprint density at radius 2 is 1.44 bits per heavy atom. The predicted octanol–water partition coefficient (Wildman–Crippen LogP) is -3.02. The third-order valence-corrected chi connectivity index (χ3v) is 10.3. The Morgan fingerprint density at radius 3 is 1.98 bits per heavy atom. The van der Waals surface area contributed by atoms with Gasteiger partial charge in [-0.05, 0) is 6.42 Å². The van der Waals surface area contributed by atoms with Crippen LogP contribution < -0.4 is 17.6 Å². The van der Waals surface area contributed by atoms with Gasteiger partial charge in [0.2, 0.25) is 11.7 Å². The number of primary amides is 1. The van der Waals surface area contributed by atoms with Crippen LogP contribution in [0.2, 0.25) is 0 Å². The van der Waals surface area contributed by atoms with Crippen LogP contribution in [0.3, 0.4) is 0 Å². The number of hydrogen-bond acceptors (Lipinski definition) is 21. The largest absolute Gasteiger partial charge is 0.481 e. The van der Waals surface area contributed by atoms with E-state index in [-0.39, 0.29) is 35.1 Å². The number of ether oxygens (including phenoxy) is 2. The van der Waals surface area contributed by atoms with Gasteiger partial charge in [0.1, 0.15) is 48.5 Å². The van der Waals surface area contributed by atoms with Gasteiger partial charge in [0, 0.05) is 24.4 Å². The number of aromatic nitrogens is 4. The van der Waals surface area contributed by atoms with Gasteiger partial charge < -0.3 is 72.4 Å². The molecule has 55 heavy (non-hydrogen) atoms. The summed E-state index contributed by atoms with van der Waals surface area (Å²) >= 11 is 0. The van der Waals surface area contributed by atoms with Crippen molar-refractivity contribution in [1.29, 1.82) is 0 Å². The second kappa shape index (κ2) is 18.5. The van der Waals surface area contributed by atoms with E-state index >= 15 is 0 Å². The summed E-state index contributed by atoms with van der Waals surface area (Å²) in [7, 11) is -10.7. The molecule has 1 amide bonds. The molecule has 3 aliphatic heterocycles. The molecule has 0 aliphatic carbocycles. The number of phosphoric ester groups is 2. The SMILES string of the molecule is N.NC(=O)C1=CN([C@@H]2O[C@H](COP(=O)(O)OP(=O)(O)OC[C@H]3O[C@@H](n4cnc5c(N)ncnc54)[C@H](O)[C@@H]3O)[C@@H](O)[C@H]2O)C=CC1.O=C(O)CCC(=O)C(=O)O. The number of fused-ring (bicyclic) bond motifs is 1. The fourth-order valence-corrected chi connectivity index (χ4v) is 7.10. The maximum Gasteiger partial charge on any atom is 0.481 e. The lowest BCUT2D eigenvalue weighted by Crippen LogP contribution is -2.40. The highest BCUT2D eigenvalue weighted by molar-refractivity contribution is 7.61. The third kappa shape index (κ3) is 11.4. The number of ketones is 1. The van der Waals surface area contributed by atoms with Gasteiger partial charge >= 0.3 is 27.6 Å². The molecule has 5 rings (SSSR count). The molecule has 29 heteroatoms. The number of imidazole rings is 1. The van der Waals surface area contributed by atoms with Gasteiger partial charge in [-0.2, -0.15) is 4.31 Å². The number of aliphatic hydroxyl groups excluding tert-OH is 4. The van der Waals surface area contributed by atoms with Crippen molar-refractivity contribution in [1.82, 2.24) is 30.6 Å². The first kappa shape index (κ1) is 45.1. The number of aliphatic carboxylic acids is 2. The monoisotopic (exact) mass is 828 g/mol. The van der Waals surface area contributed by atoms with Crippen LogP contribution in [0.15, 0.2) is 36.7 Å². The van der Waals surface area contributed by atoms with Crippen LogP contribution in [-0.4, -0.2) is 145 Å². The Kier molecular flexibility index (Phi) is 15.2. The van der Waals surface area contributed by atoms with Crippen molar-refractivity contribution in [3.8, 4) is 0 Å². The minimum absolute atomic E-state index is 0. The second-order valence-electron chi connectivity index (χ2n) is 11.5. The summed E-state index contributed by atoms with van der Waals surface area (Å²) in [6, 6.07) is 0. The lowest BCUT2D eigenvalue weighted by Gasteiger charge is -2.28. The van der Waals surface area contributed by atoms with Crippen molar-refractivity contribution in [2.24, 2.45) is 5.73 Å². The number of carbonyl (C=O) groups excluding carboxylic acids is 2. The minimum atomic E-state index is -5.37. The van der Waals surface area contributed by atoms with Gasteiger partial charge in [0.05, 0.1) is 26.0 Å². The number of phosphoric acid groups is 2. The molecule has 306 valence electrons. The number of carboxylic acids is 2. The average Bonchev–Trinajstić information content (AvgIpc) is 3.75. The summed E-state index contributed by atoms with van der Waals surface area (Å²) in [6.07, 6.45) is -5.74. The van der Waals surface area contributed by atoms with E-state index < -0.39 is 114 Å². The molecule has 5 heterocycles. The van der Waals surface area contributed by atoms with E-state index in [0.29, 0.717) is 0 Å². The number of rotatable bonds is 15. The maximum atomic E-state index is 12.4. The van der Waals surface area contributed by atoms with Crippen molar-refractivity contribution >= 4 is 56.3 Å². The first-order valence-corrected chi connectivity index (χ1v) is 18.2. The molecule has 3 aliphatic rings. The van der Waals surface area contributed by atoms with Gasteiger partial charge in [-0.15, -0.1) is 0 Å². The number of allylic oxidation sites excluding steroid dienone is 1. The molecule has 0 radical (unpaired) electrons. The number of anilines is 1. The van der Waals surface area contributed by atoms with Gasteiger partial charge in [-0.25, -0.2) is 28.9 Å². The Balaban J connectivity index is 0.000000650. The van der Waals surface area contributed by atoms with E-state index in [0.717, 1.165) is 6.33 Å².